The van der Waals surface area contributed by atoms with Crippen molar-refractivity contribution in [2.45, 2.75) is 13.0 Å². The van der Waals surface area contributed by atoms with Crippen LogP contribution in [0.3, 0.4) is 0 Å². The Morgan fingerprint density at radius 1 is 1.48 bits per heavy atom. The van der Waals surface area contributed by atoms with Crippen LogP contribution in [-0.2, 0) is 14.3 Å². The molecule has 0 aliphatic heterocycles. The topological polar surface area (TPSA) is 108 Å². The molecule has 1 rings (SSSR count). The summed E-state index contributed by atoms with van der Waals surface area (Å²) in [5.74, 6) is -0.950. The number of non-ortho nitro benzene ring substituents is 1. The number of rotatable bonds is 6. The SMILES string of the molecule is COC(=O)C(COc1ccc([N+](=O)[O-])cc1Cl)NC(C)=O. The largest absolute Gasteiger partial charge is 0.489 e. The van der Waals surface area contributed by atoms with Crippen molar-refractivity contribution in [3.63, 3.8) is 0 Å². The lowest BCUT2D eigenvalue weighted by molar-refractivity contribution is -0.384. The van der Waals surface area contributed by atoms with Crippen molar-refractivity contribution in [3.05, 3.63) is 33.3 Å². The Hall–Kier alpha value is -2.35. The maximum absolute atomic E-state index is 11.5. The molecule has 0 fully saturated rings. The molecule has 0 aromatic heterocycles. The average molecular weight is 317 g/mol. The number of hydrogen-bond acceptors (Lipinski definition) is 6. The zero-order valence-electron chi connectivity index (χ0n) is 11.3. The second-order valence-electron chi connectivity index (χ2n) is 3.96. The number of halogens is 1. The van der Waals surface area contributed by atoms with Gasteiger partial charge in [0.2, 0.25) is 5.91 Å². The van der Waals surface area contributed by atoms with E-state index in [1.807, 2.05) is 0 Å². The Balaban J connectivity index is 2.78. The second kappa shape index (κ2) is 7.44. The zero-order valence-corrected chi connectivity index (χ0v) is 12.0. The Morgan fingerprint density at radius 2 is 2.14 bits per heavy atom. The van der Waals surface area contributed by atoms with Gasteiger partial charge in [0, 0.05) is 19.1 Å². The molecular weight excluding hydrogens is 304 g/mol. The lowest BCUT2D eigenvalue weighted by atomic mass is 10.3. The molecule has 1 amide bonds. The summed E-state index contributed by atoms with van der Waals surface area (Å²) in [7, 11) is 1.18. The zero-order chi connectivity index (χ0) is 16.0. The molecule has 0 saturated heterocycles. The number of carbonyl (C=O) groups is 2. The summed E-state index contributed by atoms with van der Waals surface area (Å²) in [6, 6.07) is 2.65. The number of amides is 1. The number of carbonyl (C=O) groups excluding carboxylic acids is 2. The van der Waals surface area contributed by atoms with Gasteiger partial charge in [0.05, 0.1) is 17.1 Å². The second-order valence-corrected chi connectivity index (χ2v) is 4.37. The van der Waals surface area contributed by atoms with E-state index in [9.17, 15) is 19.7 Å². The van der Waals surface area contributed by atoms with Crippen molar-refractivity contribution < 1.29 is 24.0 Å². The molecule has 0 saturated carbocycles. The summed E-state index contributed by atoms with van der Waals surface area (Å²) in [6.07, 6.45) is 0. The molecule has 1 aromatic rings. The van der Waals surface area contributed by atoms with Gasteiger partial charge in [0.25, 0.3) is 5.69 Å². The van der Waals surface area contributed by atoms with Crippen molar-refractivity contribution in [2.24, 2.45) is 0 Å². The summed E-state index contributed by atoms with van der Waals surface area (Å²) in [6.45, 7) is 1.03. The third kappa shape index (κ3) is 4.92. The van der Waals surface area contributed by atoms with Crippen molar-refractivity contribution in [1.82, 2.24) is 5.32 Å². The molecule has 0 aliphatic rings. The highest BCUT2D eigenvalue weighted by molar-refractivity contribution is 6.32. The first-order valence-electron chi connectivity index (χ1n) is 5.76. The highest BCUT2D eigenvalue weighted by atomic mass is 35.5. The number of nitro benzene ring substituents is 1. The summed E-state index contributed by atoms with van der Waals surface area (Å²) < 4.78 is 9.81. The Labute approximate surface area is 125 Å². The molecule has 1 N–H and O–H groups in total. The molecule has 0 aliphatic carbocycles. The standard InChI is InChI=1S/C12H13ClN2O6/c1-7(16)14-10(12(17)20-2)6-21-11-4-3-8(15(18)19)5-9(11)13/h3-5,10H,6H2,1-2H3,(H,14,16). The van der Waals surface area contributed by atoms with Gasteiger partial charge >= 0.3 is 5.97 Å². The predicted octanol–water partition coefficient (Wildman–Crippen LogP) is 1.30. The smallest absolute Gasteiger partial charge is 0.331 e. The normalized spacial score (nSPS) is 11.4. The van der Waals surface area contributed by atoms with E-state index in [2.05, 4.69) is 10.1 Å². The number of methoxy groups -OCH3 is 1. The van der Waals surface area contributed by atoms with Crippen molar-refractivity contribution in [1.29, 1.82) is 0 Å². The van der Waals surface area contributed by atoms with Crippen LogP contribution in [-0.4, -0.2) is 36.6 Å². The number of nitro groups is 1. The van der Waals surface area contributed by atoms with Gasteiger partial charge in [-0.3, -0.25) is 14.9 Å². The minimum Gasteiger partial charge on any atom is -0.489 e. The number of esters is 1. The fourth-order valence-electron chi connectivity index (χ4n) is 1.45. The van der Waals surface area contributed by atoms with Gasteiger partial charge < -0.3 is 14.8 Å². The van der Waals surface area contributed by atoms with E-state index in [-0.39, 0.29) is 23.1 Å². The van der Waals surface area contributed by atoms with E-state index >= 15 is 0 Å². The van der Waals surface area contributed by atoms with Crippen LogP contribution >= 0.6 is 11.6 Å². The van der Waals surface area contributed by atoms with Gasteiger partial charge in [-0.05, 0) is 6.07 Å². The van der Waals surface area contributed by atoms with Gasteiger partial charge in [-0.15, -0.1) is 0 Å². The van der Waals surface area contributed by atoms with Crippen LogP contribution in [0.2, 0.25) is 5.02 Å². The summed E-state index contributed by atoms with van der Waals surface area (Å²) in [5.41, 5.74) is -0.182. The lowest BCUT2D eigenvalue weighted by Gasteiger charge is -2.16. The van der Waals surface area contributed by atoms with Crippen molar-refractivity contribution in [2.75, 3.05) is 13.7 Å². The minimum atomic E-state index is -1.00. The van der Waals surface area contributed by atoms with Crippen LogP contribution < -0.4 is 10.1 Å². The molecule has 0 radical (unpaired) electrons. The van der Waals surface area contributed by atoms with Gasteiger partial charge in [-0.1, -0.05) is 11.6 Å². The Morgan fingerprint density at radius 3 is 2.62 bits per heavy atom. The first-order valence-corrected chi connectivity index (χ1v) is 6.14. The molecule has 1 atom stereocenters. The highest BCUT2D eigenvalue weighted by Crippen LogP contribution is 2.28. The van der Waals surface area contributed by atoms with E-state index < -0.39 is 22.8 Å². The number of ether oxygens (including phenoxy) is 2. The summed E-state index contributed by atoms with van der Waals surface area (Å²) in [5, 5.41) is 13.0. The molecule has 0 bridgehead atoms. The maximum Gasteiger partial charge on any atom is 0.331 e. The number of benzene rings is 1. The average Bonchev–Trinajstić information content (AvgIpc) is 2.42. The van der Waals surface area contributed by atoms with Crippen molar-refractivity contribution >= 4 is 29.2 Å². The molecule has 9 heteroatoms. The Bertz CT molecular complexity index is 563. The van der Waals surface area contributed by atoms with Crippen LogP contribution in [0.1, 0.15) is 6.92 Å². The fourth-order valence-corrected chi connectivity index (χ4v) is 1.68. The predicted molar refractivity (Wildman–Crippen MR) is 73.2 cm³/mol. The molecule has 0 heterocycles. The van der Waals surface area contributed by atoms with E-state index in [4.69, 9.17) is 16.3 Å². The lowest BCUT2D eigenvalue weighted by Crippen LogP contribution is -2.44. The Kier molecular flexibility index (Phi) is 5.92. The van der Waals surface area contributed by atoms with Gasteiger partial charge in [-0.2, -0.15) is 0 Å². The first kappa shape index (κ1) is 16.7. The van der Waals surface area contributed by atoms with Gasteiger partial charge in [-0.25, -0.2) is 4.79 Å². The van der Waals surface area contributed by atoms with Crippen LogP contribution in [0.4, 0.5) is 5.69 Å². The third-order valence-electron chi connectivity index (χ3n) is 2.39. The first-order chi connectivity index (χ1) is 9.85. The molecule has 8 nitrogen and oxygen atoms in total. The molecule has 0 spiro atoms. The third-order valence-corrected chi connectivity index (χ3v) is 2.69. The van der Waals surface area contributed by atoms with E-state index in [0.29, 0.717) is 0 Å². The van der Waals surface area contributed by atoms with Crippen molar-refractivity contribution in [3.8, 4) is 5.75 Å². The summed E-state index contributed by atoms with van der Waals surface area (Å²) in [4.78, 5) is 32.4. The van der Waals surface area contributed by atoms with E-state index in [0.717, 1.165) is 6.07 Å². The number of hydrogen-bond donors (Lipinski definition) is 1. The molecule has 21 heavy (non-hydrogen) atoms. The fraction of sp³-hybridized carbons (Fsp3) is 0.333. The van der Waals surface area contributed by atoms with E-state index in [1.165, 1.54) is 26.2 Å². The molecule has 114 valence electrons. The van der Waals surface area contributed by atoms with E-state index in [1.54, 1.807) is 0 Å². The van der Waals surface area contributed by atoms with Crippen LogP contribution in [0.5, 0.6) is 5.75 Å². The molecule has 1 aromatic carbocycles. The van der Waals surface area contributed by atoms with Gasteiger partial charge in [0.15, 0.2) is 6.04 Å². The quantitative estimate of drug-likeness (QED) is 0.481. The van der Waals surface area contributed by atoms with Crippen LogP contribution in [0, 0.1) is 10.1 Å². The molecular formula is C12H13ClN2O6. The molecule has 1 unspecified atom stereocenters. The number of nitrogens with one attached hydrogen (secondary N) is 1. The summed E-state index contributed by atoms with van der Waals surface area (Å²) >= 11 is 5.84. The minimum absolute atomic E-state index is 0.0237. The van der Waals surface area contributed by atoms with Gasteiger partial charge in [0.1, 0.15) is 12.4 Å². The van der Waals surface area contributed by atoms with Crippen LogP contribution in [0.25, 0.3) is 0 Å². The monoisotopic (exact) mass is 316 g/mol. The van der Waals surface area contributed by atoms with Crippen LogP contribution in [0.15, 0.2) is 18.2 Å². The maximum atomic E-state index is 11.5. The number of nitrogens with zero attached hydrogens (tertiary/aromatic N) is 1. The highest BCUT2D eigenvalue weighted by Gasteiger charge is 2.21.